The Kier molecular flexibility index (Phi) is 29.4. The average molecular weight is 627 g/mol. The van der Waals surface area contributed by atoms with Crippen molar-refractivity contribution in [2.45, 2.75) is 200 Å². The number of nitrogens with zero attached hydrogens (tertiary/aromatic N) is 1. The molecule has 1 heterocycles. The first-order valence-electron chi connectivity index (χ1n) is 19.7. The molecule has 4 nitrogen and oxygen atoms in total. The largest absolute Gasteiger partial charge is 0.354 e. The van der Waals surface area contributed by atoms with E-state index in [1.54, 1.807) is 0 Å². The molecule has 1 rings (SSSR count). The molecule has 1 unspecified atom stereocenters. The van der Waals surface area contributed by atoms with Crippen LogP contribution in [0.5, 0.6) is 0 Å². The molecule has 1 atom stereocenters. The number of hydrogen-bond acceptors (Lipinski definition) is 2. The Balaban J connectivity index is 1.97. The van der Waals surface area contributed by atoms with Gasteiger partial charge in [-0.25, -0.2) is 0 Å². The van der Waals surface area contributed by atoms with Crippen molar-refractivity contribution in [1.82, 2.24) is 10.2 Å². The second kappa shape index (κ2) is 32.1. The molecule has 45 heavy (non-hydrogen) atoms. The number of unbranched alkanes of at least 4 members (excludes halogenated alkanes) is 20. The molecule has 0 radical (unpaired) electrons. The number of rotatable bonds is 31. The topological polar surface area (TPSA) is 49.4 Å². The molecular formula is C41H74N2O2. The van der Waals surface area contributed by atoms with Crippen LogP contribution in [0.4, 0.5) is 0 Å². The van der Waals surface area contributed by atoms with Crippen LogP contribution >= 0.6 is 0 Å². The Morgan fingerprint density at radius 2 is 1.02 bits per heavy atom. The minimum Gasteiger partial charge on any atom is -0.354 e. The monoisotopic (exact) mass is 627 g/mol. The third kappa shape index (κ3) is 25.0. The Labute approximate surface area is 280 Å². The van der Waals surface area contributed by atoms with Crippen molar-refractivity contribution in [3.63, 3.8) is 0 Å². The molecule has 0 saturated carbocycles. The zero-order valence-electron chi connectivity index (χ0n) is 30.0. The van der Waals surface area contributed by atoms with Gasteiger partial charge in [-0.1, -0.05) is 140 Å². The van der Waals surface area contributed by atoms with Crippen LogP contribution < -0.4 is 5.32 Å². The molecule has 1 fully saturated rings. The van der Waals surface area contributed by atoms with Gasteiger partial charge in [0.05, 0.1) is 0 Å². The Morgan fingerprint density at radius 1 is 0.578 bits per heavy atom. The fourth-order valence-electron chi connectivity index (χ4n) is 6.27. The van der Waals surface area contributed by atoms with E-state index in [0.29, 0.717) is 6.42 Å². The van der Waals surface area contributed by atoms with E-state index in [4.69, 9.17) is 0 Å². The van der Waals surface area contributed by atoms with Gasteiger partial charge < -0.3 is 10.2 Å². The van der Waals surface area contributed by atoms with Crippen LogP contribution in [0.1, 0.15) is 194 Å². The first kappa shape index (κ1) is 41.2. The molecule has 0 aromatic carbocycles. The van der Waals surface area contributed by atoms with Crippen molar-refractivity contribution in [2.75, 3.05) is 13.1 Å². The normalized spacial score (nSPS) is 15.3. The fourth-order valence-corrected chi connectivity index (χ4v) is 6.27. The fraction of sp³-hybridized carbons (Fsp3) is 0.805. The maximum atomic E-state index is 12.9. The summed E-state index contributed by atoms with van der Waals surface area (Å²) < 4.78 is 0. The number of nitrogens with one attached hydrogen (secondary N) is 1. The number of allylic oxidation sites excluding steroid dienone is 6. The summed E-state index contributed by atoms with van der Waals surface area (Å²) >= 11 is 0. The predicted octanol–water partition coefficient (Wildman–Crippen LogP) is 11.9. The van der Waals surface area contributed by atoms with E-state index in [1.165, 1.54) is 135 Å². The van der Waals surface area contributed by atoms with E-state index in [2.05, 4.69) is 55.6 Å². The number of carbonyl (C=O) groups is 2. The predicted molar refractivity (Wildman–Crippen MR) is 197 cm³/mol. The Bertz CT molecular complexity index is 771. The van der Waals surface area contributed by atoms with Gasteiger partial charge in [0.2, 0.25) is 11.8 Å². The SMILES string of the molecule is CCCCCC=CCC=CCCCCCCCCNC(=O)C1CCCN1C(=O)CCCCCCCC=CCCCCCCCC. The first-order valence-corrected chi connectivity index (χ1v) is 19.7. The van der Waals surface area contributed by atoms with Gasteiger partial charge in [0.15, 0.2) is 0 Å². The van der Waals surface area contributed by atoms with Gasteiger partial charge in [0, 0.05) is 19.5 Å². The number of amides is 2. The molecule has 4 heteroatoms. The van der Waals surface area contributed by atoms with Crippen LogP contribution in [-0.2, 0) is 9.59 Å². The summed E-state index contributed by atoms with van der Waals surface area (Å²) in [6, 6.07) is -0.245. The number of hydrogen-bond donors (Lipinski definition) is 1. The molecule has 1 aliphatic rings. The second-order valence-corrected chi connectivity index (χ2v) is 13.5. The molecule has 1 saturated heterocycles. The third-order valence-corrected chi connectivity index (χ3v) is 9.20. The van der Waals surface area contributed by atoms with E-state index in [0.717, 1.165) is 51.6 Å². The second-order valence-electron chi connectivity index (χ2n) is 13.5. The van der Waals surface area contributed by atoms with Crippen LogP contribution in [0.3, 0.4) is 0 Å². The molecule has 0 aliphatic carbocycles. The van der Waals surface area contributed by atoms with Crippen LogP contribution in [0, 0.1) is 0 Å². The lowest BCUT2D eigenvalue weighted by Gasteiger charge is -2.24. The zero-order chi connectivity index (χ0) is 32.5. The summed E-state index contributed by atoms with van der Waals surface area (Å²) in [5.41, 5.74) is 0. The third-order valence-electron chi connectivity index (χ3n) is 9.20. The lowest BCUT2D eigenvalue weighted by Crippen LogP contribution is -2.46. The van der Waals surface area contributed by atoms with Gasteiger partial charge in [0.25, 0.3) is 0 Å². The summed E-state index contributed by atoms with van der Waals surface area (Å²) in [5.74, 6) is 0.243. The van der Waals surface area contributed by atoms with E-state index >= 15 is 0 Å². The summed E-state index contributed by atoms with van der Waals surface area (Å²) in [6.07, 6.45) is 47.5. The Hall–Kier alpha value is -1.84. The van der Waals surface area contributed by atoms with Crippen molar-refractivity contribution in [3.8, 4) is 0 Å². The smallest absolute Gasteiger partial charge is 0.242 e. The molecule has 2 amide bonds. The summed E-state index contributed by atoms with van der Waals surface area (Å²) in [6.45, 7) is 6.00. The molecule has 1 aliphatic heterocycles. The van der Waals surface area contributed by atoms with Gasteiger partial charge in [-0.2, -0.15) is 0 Å². The molecule has 0 bridgehead atoms. The molecule has 1 N–H and O–H groups in total. The van der Waals surface area contributed by atoms with Gasteiger partial charge in [-0.05, 0) is 83.5 Å². The van der Waals surface area contributed by atoms with Crippen molar-refractivity contribution in [3.05, 3.63) is 36.5 Å². The molecule has 260 valence electrons. The van der Waals surface area contributed by atoms with Gasteiger partial charge in [-0.3, -0.25) is 9.59 Å². The molecule has 0 aromatic heterocycles. The van der Waals surface area contributed by atoms with E-state index in [1.807, 2.05) is 4.90 Å². The molecule has 0 aromatic rings. The zero-order valence-corrected chi connectivity index (χ0v) is 30.0. The standard InChI is InChI=1S/C41H74N2O2/c1-3-5-7-9-11-13-15-17-19-21-23-25-27-29-31-33-37-42-41(45)39-35-34-38-43(39)40(44)36-32-30-28-26-24-22-20-18-16-14-12-10-8-6-4-2/h11,13,17-20,39H,3-10,12,14-16,21-38H2,1-2H3,(H,42,45). The summed E-state index contributed by atoms with van der Waals surface area (Å²) in [7, 11) is 0. The van der Waals surface area contributed by atoms with E-state index < -0.39 is 0 Å². The highest BCUT2D eigenvalue weighted by molar-refractivity contribution is 5.88. The van der Waals surface area contributed by atoms with Crippen LogP contribution in [0.25, 0.3) is 0 Å². The minimum absolute atomic E-state index is 0.0630. The van der Waals surface area contributed by atoms with Crippen molar-refractivity contribution in [1.29, 1.82) is 0 Å². The van der Waals surface area contributed by atoms with Gasteiger partial charge in [0.1, 0.15) is 6.04 Å². The van der Waals surface area contributed by atoms with Gasteiger partial charge in [-0.15, -0.1) is 0 Å². The highest BCUT2D eigenvalue weighted by Crippen LogP contribution is 2.20. The van der Waals surface area contributed by atoms with E-state index in [9.17, 15) is 9.59 Å². The summed E-state index contributed by atoms with van der Waals surface area (Å²) in [5, 5.41) is 3.13. The highest BCUT2D eigenvalue weighted by atomic mass is 16.2. The molecular weight excluding hydrogens is 552 g/mol. The Morgan fingerprint density at radius 3 is 1.60 bits per heavy atom. The maximum absolute atomic E-state index is 12.9. The highest BCUT2D eigenvalue weighted by Gasteiger charge is 2.33. The van der Waals surface area contributed by atoms with E-state index in [-0.39, 0.29) is 17.9 Å². The average Bonchev–Trinajstić information content (AvgIpc) is 3.55. The van der Waals surface area contributed by atoms with Crippen molar-refractivity contribution in [2.24, 2.45) is 0 Å². The maximum Gasteiger partial charge on any atom is 0.242 e. The van der Waals surface area contributed by atoms with Crippen molar-refractivity contribution >= 4 is 11.8 Å². The van der Waals surface area contributed by atoms with Gasteiger partial charge >= 0.3 is 0 Å². The quantitative estimate of drug-likeness (QED) is 0.0615. The van der Waals surface area contributed by atoms with Crippen LogP contribution in [-0.4, -0.2) is 35.8 Å². The minimum atomic E-state index is -0.245. The van der Waals surface area contributed by atoms with Crippen molar-refractivity contribution < 1.29 is 9.59 Å². The van der Waals surface area contributed by atoms with Crippen LogP contribution in [0.15, 0.2) is 36.5 Å². The lowest BCUT2D eigenvalue weighted by atomic mass is 10.1. The first-order chi connectivity index (χ1) is 22.2. The number of carbonyl (C=O) groups excluding carboxylic acids is 2. The number of likely N-dealkylation sites (tertiary alicyclic amines) is 1. The van der Waals surface area contributed by atoms with Crippen LogP contribution in [0.2, 0.25) is 0 Å². The summed E-state index contributed by atoms with van der Waals surface area (Å²) in [4.78, 5) is 27.5. The lowest BCUT2D eigenvalue weighted by molar-refractivity contribution is -0.138. The molecule has 0 spiro atoms.